The van der Waals surface area contributed by atoms with Crippen molar-refractivity contribution >= 4 is 11.6 Å². The number of morpholine rings is 1. The molecule has 1 aromatic heterocycles. The normalized spacial score (nSPS) is 17.2. The topological polar surface area (TPSA) is 42.4 Å². The lowest BCUT2D eigenvalue weighted by Gasteiger charge is -2.26. The van der Waals surface area contributed by atoms with E-state index in [9.17, 15) is 4.79 Å². The van der Waals surface area contributed by atoms with Crippen molar-refractivity contribution in [3.8, 4) is 0 Å². The molecule has 4 nitrogen and oxygen atoms in total. The Hall–Kier alpha value is -1.42. The highest BCUT2D eigenvalue weighted by Gasteiger charge is 2.19. The monoisotopic (exact) mass is 192 g/mol. The van der Waals surface area contributed by atoms with Crippen molar-refractivity contribution in [1.82, 2.24) is 4.98 Å². The fourth-order valence-electron chi connectivity index (χ4n) is 1.41. The van der Waals surface area contributed by atoms with Gasteiger partial charge in [-0.05, 0) is 19.1 Å². The maximum Gasteiger partial charge on any atom is 0.253 e. The molecular weight excluding hydrogens is 180 g/mol. The molecule has 0 spiro atoms. The number of amides is 1. The van der Waals surface area contributed by atoms with Crippen molar-refractivity contribution in [3.63, 3.8) is 0 Å². The Balaban J connectivity index is 2.20. The third kappa shape index (κ3) is 1.75. The van der Waals surface area contributed by atoms with E-state index in [1.165, 1.54) is 0 Å². The summed E-state index contributed by atoms with van der Waals surface area (Å²) in [5, 5.41) is 0. The van der Waals surface area contributed by atoms with Crippen LogP contribution in [0, 0.1) is 6.92 Å². The molecule has 1 saturated heterocycles. The second-order valence-corrected chi connectivity index (χ2v) is 3.26. The average molecular weight is 192 g/mol. The number of hydrogen-bond donors (Lipinski definition) is 0. The van der Waals surface area contributed by atoms with E-state index >= 15 is 0 Å². The molecule has 0 saturated carbocycles. The molecule has 1 aromatic rings. The molecule has 1 amide bonds. The van der Waals surface area contributed by atoms with Crippen molar-refractivity contribution in [2.45, 2.75) is 6.92 Å². The van der Waals surface area contributed by atoms with Gasteiger partial charge in [0.15, 0.2) is 0 Å². The molecule has 14 heavy (non-hydrogen) atoms. The van der Waals surface area contributed by atoms with Crippen LogP contribution in [0.5, 0.6) is 0 Å². The zero-order valence-electron chi connectivity index (χ0n) is 8.06. The molecule has 2 heterocycles. The van der Waals surface area contributed by atoms with E-state index in [0.29, 0.717) is 13.2 Å². The fourth-order valence-corrected chi connectivity index (χ4v) is 1.41. The lowest BCUT2D eigenvalue weighted by atomic mass is 10.3. The number of rotatable bonds is 1. The highest BCUT2D eigenvalue weighted by atomic mass is 16.5. The fraction of sp³-hybridized carbons (Fsp3) is 0.400. The summed E-state index contributed by atoms with van der Waals surface area (Å²) < 4.78 is 5.05. The van der Waals surface area contributed by atoms with Crippen molar-refractivity contribution in [2.24, 2.45) is 0 Å². The van der Waals surface area contributed by atoms with Crippen molar-refractivity contribution in [2.75, 3.05) is 24.7 Å². The molecule has 4 heteroatoms. The van der Waals surface area contributed by atoms with Crippen LogP contribution in [0.4, 0.5) is 5.69 Å². The van der Waals surface area contributed by atoms with Crippen molar-refractivity contribution in [1.29, 1.82) is 0 Å². The van der Waals surface area contributed by atoms with Gasteiger partial charge in [0.25, 0.3) is 5.91 Å². The molecule has 0 unspecified atom stereocenters. The minimum atomic E-state index is 0.00176. The Labute approximate surface area is 82.5 Å². The van der Waals surface area contributed by atoms with Crippen LogP contribution in [0.3, 0.4) is 0 Å². The first-order valence-electron chi connectivity index (χ1n) is 4.58. The number of ether oxygens (including phenoxy) is 1. The molecule has 0 atom stereocenters. The lowest BCUT2D eigenvalue weighted by molar-refractivity contribution is -0.125. The van der Waals surface area contributed by atoms with Gasteiger partial charge >= 0.3 is 0 Å². The summed E-state index contributed by atoms with van der Waals surface area (Å²) in [6.07, 6.45) is 1.72. The van der Waals surface area contributed by atoms with Gasteiger partial charge in [0.05, 0.1) is 18.5 Å². The number of nitrogens with zero attached hydrogens (tertiary/aromatic N) is 2. The Bertz CT molecular complexity index is 334. The van der Waals surface area contributed by atoms with Crippen LogP contribution in [0.1, 0.15) is 5.69 Å². The summed E-state index contributed by atoms with van der Waals surface area (Å²) >= 11 is 0. The highest BCUT2D eigenvalue weighted by molar-refractivity contribution is 5.94. The summed E-state index contributed by atoms with van der Waals surface area (Å²) in [5.74, 6) is 0.00176. The third-order valence-electron chi connectivity index (χ3n) is 2.19. The zero-order valence-corrected chi connectivity index (χ0v) is 8.06. The number of carbonyl (C=O) groups is 1. The van der Waals surface area contributed by atoms with Crippen LogP contribution in [0.2, 0.25) is 0 Å². The minimum Gasteiger partial charge on any atom is -0.370 e. The Morgan fingerprint density at radius 2 is 2.36 bits per heavy atom. The van der Waals surface area contributed by atoms with Crippen LogP contribution in [-0.4, -0.2) is 30.6 Å². The zero-order chi connectivity index (χ0) is 9.97. The smallest absolute Gasteiger partial charge is 0.253 e. The SMILES string of the molecule is Cc1ccc(N2CCOCC2=O)cn1. The third-order valence-corrected chi connectivity index (χ3v) is 2.19. The van der Waals surface area contributed by atoms with Gasteiger partial charge in [0.1, 0.15) is 6.61 Å². The molecule has 1 aliphatic rings. The molecule has 0 radical (unpaired) electrons. The predicted molar refractivity (Wildman–Crippen MR) is 52.1 cm³/mol. The predicted octanol–water partition coefficient (Wildman–Crippen LogP) is 0.753. The quantitative estimate of drug-likeness (QED) is 0.659. The Morgan fingerprint density at radius 3 is 3.00 bits per heavy atom. The van der Waals surface area contributed by atoms with E-state index in [-0.39, 0.29) is 12.5 Å². The molecule has 0 bridgehead atoms. The number of aryl methyl sites for hydroxylation is 1. The standard InChI is InChI=1S/C10H12N2O2/c1-8-2-3-9(6-11-8)12-4-5-14-7-10(12)13/h2-3,6H,4-5,7H2,1H3. The van der Waals surface area contributed by atoms with E-state index in [2.05, 4.69) is 4.98 Å². The summed E-state index contributed by atoms with van der Waals surface area (Å²) in [7, 11) is 0. The number of pyridine rings is 1. The highest BCUT2D eigenvalue weighted by Crippen LogP contribution is 2.14. The van der Waals surface area contributed by atoms with Crippen LogP contribution in [0.15, 0.2) is 18.3 Å². The van der Waals surface area contributed by atoms with Gasteiger partial charge in [0, 0.05) is 12.2 Å². The molecule has 0 aromatic carbocycles. The van der Waals surface area contributed by atoms with Gasteiger partial charge in [-0.2, -0.15) is 0 Å². The lowest BCUT2D eigenvalue weighted by Crippen LogP contribution is -2.41. The van der Waals surface area contributed by atoms with Crippen molar-refractivity contribution in [3.05, 3.63) is 24.0 Å². The molecule has 0 aliphatic carbocycles. The Morgan fingerprint density at radius 1 is 1.50 bits per heavy atom. The van der Waals surface area contributed by atoms with Crippen LogP contribution < -0.4 is 4.90 Å². The number of carbonyl (C=O) groups excluding carboxylic acids is 1. The molecule has 2 rings (SSSR count). The molecule has 0 N–H and O–H groups in total. The summed E-state index contributed by atoms with van der Waals surface area (Å²) in [4.78, 5) is 17.3. The van der Waals surface area contributed by atoms with Crippen molar-refractivity contribution < 1.29 is 9.53 Å². The van der Waals surface area contributed by atoms with Gasteiger partial charge in [-0.15, -0.1) is 0 Å². The molecule has 1 aliphatic heterocycles. The summed E-state index contributed by atoms with van der Waals surface area (Å²) in [6, 6.07) is 3.81. The Kier molecular flexibility index (Phi) is 2.45. The molecule has 1 fully saturated rings. The maximum atomic E-state index is 11.5. The van der Waals surface area contributed by atoms with Crippen LogP contribution >= 0.6 is 0 Å². The van der Waals surface area contributed by atoms with Crippen LogP contribution in [-0.2, 0) is 9.53 Å². The number of aromatic nitrogens is 1. The number of hydrogen-bond acceptors (Lipinski definition) is 3. The molecule has 74 valence electrons. The van der Waals surface area contributed by atoms with E-state index in [0.717, 1.165) is 11.4 Å². The summed E-state index contributed by atoms with van der Waals surface area (Å²) in [6.45, 7) is 3.31. The first-order valence-corrected chi connectivity index (χ1v) is 4.58. The minimum absolute atomic E-state index is 0.00176. The van der Waals surface area contributed by atoms with Gasteiger partial charge < -0.3 is 9.64 Å². The van der Waals surface area contributed by atoms with E-state index < -0.39 is 0 Å². The van der Waals surface area contributed by atoms with E-state index in [1.54, 1.807) is 11.1 Å². The van der Waals surface area contributed by atoms with Gasteiger partial charge in [-0.25, -0.2) is 0 Å². The summed E-state index contributed by atoms with van der Waals surface area (Å²) in [5.41, 5.74) is 1.80. The average Bonchev–Trinajstić information content (AvgIpc) is 2.20. The molecular formula is C10H12N2O2. The van der Waals surface area contributed by atoms with Gasteiger partial charge in [-0.3, -0.25) is 9.78 Å². The van der Waals surface area contributed by atoms with Gasteiger partial charge in [0.2, 0.25) is 0 Å². The second-order valence-electron chi connectivity index (χ2n) is 3.26. The first kappa shape index (κ1) is 9.15. The largest absolute Gasteiger partial charge is 0.370 e. The van der Waals surface area contributed by atoms with Crippen LogP contribution in [0.25, 0.3) is 0 Å². The maximum absolute atomic E-state index is 11.5. The number of anilines is 1. The van der Waals surface area contributed by atoms with Gasteiger partial charge in [-0.1, -0.05) is 0 Å². The second kappa shape index (κ2) is 3.75. The first-order chi connectivity index (χ1) is 6.77. The van der Waals surface area contributed by atoms with E-state index in [1.807, 2.05) is 19.1 Å². The van der Waals surface area contributed by atoms with E-state index in [4.69, 9.17) is 4.74 Å².